The number of carbonyl (C=O) groups is 2. The van der Waals surface area contributed by atoms with Gasteiger partial charge in [-0.1, -0.05) is 17.7 Å². The minimum absolute atomic E-state index is 0.0897. The van der Waals surface area contributed by atoms with Crippen LogP contribution in [0.5, 0.6) is 5.75 Å². The largest absolute Gasteiger partial charge is 0.478 e. The Morgan fingerprint density at radius 2 is 1.89 bits per heavy atom. The highest BCUT2D eigenvalue weighted by atomic mass is 16.5. The van der Waals surface area contributed by atoms with Crippen molar-refractivity contribution in [2.75, 3.05) is 0 Å². The summed E-state index contributed by atoms with van der Waals surface area (Å²) in [4.78, 5) is 22.9. The van der Waals surface area contributed by atoms with Crippen LogP contribution in [0.15, 0.2) is 30.5 Å². The Labute approximate surface area is 109 Å². The van der Waals surface area contributed by atoms with Crippen molar-refractivity contribution in [3.63, 3.8) is 0 Å². The summed E-state index contributed by atoms with van der Waals surface area (Å²) in [6.07, 6.45) is 1.12. The molecule has 0 aliphatic heterocycles. The Kier molecular flexibility index (Phi) is 3.33. The molecule has 0 amide bonds. The van der Waals surface area contributed by atoms with Crippen molar-refractivity contribution in [2.45, 2.75) is 6.92 Å². The monoisotopic (exact) mass is 260 g/mol. The molecule has 1 heterocycles. The Balaban J connectivity index is 2.27. The fourth-order valence-electron chi connectivity index (χ4n) is 1.60. The van der Waals surface area contributed by atoms with Gasteiger partial charge in [-0.2, -0.15) is 5.10 Å². The van der Waals surface area contributed by atoms with Gasteiger partial charge in [-0.05, 0) is 19.1 Å². The van der Waals surface area contributed by atoms with E-state index in [-0.39, 0.29) is 11.3 Å². The average molecular weight is 260 g/mol. The standard InChI is InChI=1S/C13H12N2O4/c1-8-3-5-9(6-4-8)19-13(18)11-10(12(16)17)7-14-15(11)2/h3-7H,1-2H3,(H,16,17). The van der Waals surface area contributed by atoms with Crippen molar-refractivity contribution in [3.8, 4) is 5.75 Å². The summed E-state index contributed by atoms with van der Waals surface area (Å²) in [5.74, 6) is -1.61. The lowest BCUT2D eigenvalue weighted by molar-refractivity contribution is 0.0663. The van der Waals surface area contributed by atoms with E-state index < -0.39 is 11.9 Å². The van der Waals surface area contributed by atoms with Gasteiger partial charge >= 0.3 is 11.9 Å². The van der Waals surface area contributed by atoms with Gasteiger partial charge in [0.25, 0.3) is 0 Å². The first-order valence-corrected chi connectivity index (χ1v) is 5.53. The zero-order valence-corrected chi connectivity index (χ0v) is 10.5. The first kappa shape index (κ1) is 12.8. The Hall–Kier alpha value is -2.63. The van der Waals surface area contributed by atoms with E-state index in [1.165, 1.54) is 11.7 Å². The van der Waals surface area contributed by atoms with Crippen molar-refractivity contribution < 1.29 is 19.4 Å². The molecule has 0 spiro atoms. The maximum Gasteiger partial charge on any atom is 0.362 e. The second kappa shape index (κ2) is 4.93. The van der Waals surface area contributed by atoms with Crippen LogP contribution in [-0.2, 0) is 7.05 Å². The van der Waals surface area contributed by atoms with Gasteiger partial charge in [0.2, 0.25) is 0 Å². The number of ether oxygens (including phenoxy) is 1. The van der Waals surface area contributed by atoms with E-state index in [4.69, 9.17) is 9.84 Å². The molecule has 1 N–H and O–H groups in total. The fourth-order valence-corrected chi connectivity index (χ4v) is 1.60. The van der Waals surface area contributed by atoms with Gasteiger partial charge in [-0.15, -0.1) is 0 Å². The van der Waals surface area contributed by atoms with Gasteiger partial charge in [0.1, 0.15) is 11.3 Å². The molecule has 2 aromatic rings. The number of aryl methyl sites for hydroxylation is 2. The zero-order valence-electron chi connectivity index (χ0n) is 10.5. The molecule has 1 aromatic carbocycles. The lowest BCUT2D eigenvalue weighted by Gasteiger charge is -2.05. The third-order valence-corrected chi connectivity index (χ3v) is 2.59. The highest BCUT2D eigenvalue weighted by Gasteiger charge is 2.23. The van der Waals surface area contributed by atoms with E-state index in [0.717, 1.165) is 11.8 Å². The molecule has 6 heteroatoms. The smallest absolute Gasteiger partial charge is 0.362 e. The summed E-state index contributed by atoms with van der Waals surface area (Å²) in [6.45, 7) is 1.91. The number of carbonyl (C=O) groups excluding carboxylic acids is 1. The number of aromatic carboxylic acids is 1. The topological polar surface area (TPSA) is 81.4 Å². The summed E-state index contributed by atoms with van der Waals surface area (Å²) in [7, 11) is 1.48. The van der Waals surface area contributed by atoms with Crippen LogP contribution in [0.1, 0.15) is 26.4 Å². The average Bonchev–Trinajstić information content (AvgIpc) is 2.74. The molecule has 0 saturated heterocycles. The second-order valence-electron chi connectivity index (χ2n) is 4.04. The van der Waals surface area contributed by atoms with Gasteiger partial charge in [0.15, 0.2) is 5.69 Å². The molecule has 0 radical (unpaired) electrons. The third-order valence-electron chi connectivity index (χ3n) is 2.59. The van der Waals surface area contributed by atoms with E-state index in [2.05, 4.69) is 5.10 Å². The van der Waals surface area contributed by atoms with Crippen LogP contribution in [0.2, 0.25) is 0 Å². The van der Waals surface area contributed by atoms with Crippen LogP contribution in [-0.4, -0.2) is 26.8 Å². The number of rotatable bonds is 3. The summed E-state index contributed by atoms with van der Waals surface area (Å²) in [5.41, 5.74) is 0.763. The summed E-state index contributed by atoms with van der Waals surface area (Å²) < 4.78 is 6.30. The van der Waals surface area contributed by atoms with Gasteiger partial charge in [0.05, 0.1) is 6.20 Å². The van der Waals surface area contributed by atoms with Gasteiger partial charge in [-0.3, -0.25) is 4.68 Å². The van der Waals surface area contributed by atoms with Crippen molar-refractivity contribution in [3.05, 3.63) is 47.3 Å². The van der Waals surface area contributed by atoms with Crippen LogP contribution in [0.3, 0.4) is 0 Å². The van der Waals surface area contributed by atoms with Crippen LogP contribution < -0.4 is 4.74 Å². The molecule has 0 aliphatic rings. The van der Waals surface area contributed by atoms with Crippen molar-refractivity contribution in [1.82, 2.24) is 9.78 Å². The minimum Gasteiger partial charge on any atom is -0.478 e. The molecular formula is C13H12N2O4. The molecule has 2 rings (SSSR count). The number of carboxylic acid groups (broad SMARTS) is 1. The molecule has 19 heavy (non-hydrogen) atoms. The van der Waals surface area contributed by atoms with Crippen LogP contribution in [0.4, 0.5) is 0 Å². The molecule has 98 valence electrons. The molecule has 0 unspecified atom stereocenters. The molecule has 0 aliphatic carbocycles. The number of carboxylic acids is 1. The SMILES string of the molecule is Cc1ccc(OC(=O)c2c(C(=O)O)cnn2C)cc1. The summed E-state index contributed by atoms with van der Waals surface area (Å²) >= 11 is 0. The van der Waals surface area contributed by atoms with Crippen LogP contribution in [0, 0.1) is 6.92 Å². The summed E-state index contributed by atoms with van der Waals surface area (Å²) in [6, 6.07) is 6.88. The Morgan fingerprint density at radius 1 is 1.26 bits per heavy atom. The third kappa shape index (κ3) is 2.62. The van der Waals surface area contributed by atoms with Gasteiger partial charge in [-0.25, -0.2) is 9.59 Å². The van der Waals surface area contributed by atoms with E-state index >= 15 is 0 Å². The number of hydrogen-bond donors (Lipinski definition) is 1. The highest BCUT2D eigenvalue weighted by Crippen LogP contribution is 2.15. The second-order valence-corrected chi connectivity index (χ2v) is 4.04. The van der Waals surface area contributed by atoms with E-state index in [0.29, 0.717) is 5.75 Å². The van der Waals surface area contributed by atoms with E-state index in [9.17, 15) is 9.59 Å². The number of aromatic nitrogens is 2. The first-order chi connectivity index (χ1) is 8.99. The molecule has 0 bridgehead atoms. The highest BCUT2D eigenvalue weighted by molar-refractivity contribution is 6.01. The van der Waals surface area contributed by atoms with E-state index in [1.807, 2.05) is 6.92 Å². The zero-order chi connectivity index (χ0) is 14.0. The predicted molar refractivity (Wildman–Crippen MR) is 66.3 cm³/mol. The summed E-state index contributed by atoms with van der Waals surface area (Å²) in [5, 5.41) is 12.7. The van der Waals surface area contributed by atoms with Crippen LogP contribution >= 0.6 is 0 Å². The number of esters is 1. The molecule has 0 atom stereocenters. The lowest BCUT2D eigenvalue weighted by atomic mass is 10.2. The normalized spacial score (nSPS) is 10.2. The van der Waals surface area contributed by atoms with Crippen molar-refractivity contribution in [1.29, 1.82) is 0 Å². The maximum atomic E-state index is 12.0. The molecule has 6 nitrogen and oxygen atoms in total. The molecular weight excluding hydrogens is 248 g/mol. The number of hydrogen-bond acceptors (Lipinski definition) is 4. The maximum absolute atomic E-state index is 12.0. The Bertz CT molecular complexity index is 629. The molecule has 0 saturated carbocycles. The fraction of sp³-hybridized carbons (Fsp3) is 0.154. The number of nitrogens with zero attached hydrogens (tertiary/aromatic N) is 2. The van der Waals surface area contributed by atoms with Gasteiger partial charge in [0, 0.05) is 7.05 Å². The van der Waals surface area contributed by atoms with Crippen molar-refractivity contribution in [2.24, 2.45) is 7.05 Å². The van der Waals surface area contributed by atoms with Crippen molar-refractivity contribution >= 4 is 11.9 Å². The first-order valence-electron chi connectivity index (χ1n) is 5.53. The Morgan fingerprint density at radius 3 is 2.47 bits per heavy atom. The van der Waals surface area contributed by atoms with Gasteiger partial charge < -0.3 is 9.84 Å². The molecule has 1 aromatic heterocycles. The number of benzene rings is 1. The minimum atomic E-state index is -1.22. The predicted octanol–water partition coefficient (Wildman–Crippen LogP) is 1.65. The lowest BCUT2D eigenvalue weighted by Crippen LogP contribution is -2.17. The van der Waals surface area contributed by atoms with Crippen LogP contribution in [0.25, 0.3) is 0 Å². The van der Waals surface area contributed by atoms with E-state index in [1.54, 1.807) is 24.3 Å². The molecule has 0 fully saturated rings. The quantitative estimate of drug-likeness (QED) is 0.670.